The molecule has 7 heteroatoms. The lowest BCUT2D eigenvalue weighted by atomic mass is 10.5. The molecule has 0 unspecified atom stereocenters. The minimum absolute atomic E-state index is 0.171. The number of hydrogen-bond acceptors (Lipinski definition) is 4. The van der Waals surface area contributed by atoms with Crippen molar-refractivity contribution in [2.75, 3.05) is 26.0 Å². The second kappa shape index (κ2) is 4.58. The second-order valence-electron chi connectivity index (χ2n) is 3.86. The smallest absolute Gasteiger partial charge is 0.262 e. The first kappa shape index (κ1) is 12.8. The van der Waals surface area contributed by atoms with E-state index >= 15 is 0 Å². The van der Waals surface area contributed by atoms with Gasteiger partial charge in [0.2, 0.25) is 0 Å². The van der Waals surface area contributed by atoms with E-state index in [9.17, 15) is 8.42 Å². The molecular weight excluding hydrogens is 252 g/mol. The van der Waals surface area contributed by atoms with E-state index in [1.165, 1.54) is 4.31 Å². The van der Waals surface area contributed by atoms with Gasteiger partial charge < -0.3 is 5.32 Å². The Morgan fingerprint density at radius 3 is 2.78 bits per heavy atom. The molecule has 0 bridgehead atoms. The normalized spacial score (nSPS) is 12.2. The number of rotatable bonds is 4. The SMILES string of the molecule is CCN(C)S(=O)(=O)c1c(NC)nc2ccccn12. The number of pyridine rings is 1. The highest BCUT2D eigenvalue weighted by Crippen LogP contribution is 2.24. The summed E-state index contributed by atoms with van der Waals surface area (Å²) in [7, 11) is -0.332. The molecule has 1 N–H and O–H groups in total. The van der Waals surface area contributed by atoms with Crippen LogP contribution >= 0.6 is 0 Å². The van der Waals surface area contributed by atoms with Gasteiger partial charge in [-0.15, -0.1) is 0 Å². The molecule has 18 heavy (non-hydrogen) atoms. The molecule has 2 heterocycles. The van der Waals surface area contributed by atoms with Crippen LogP contribution in [0.5, 0.6) is 0 Å². The largest absolute Gasteiger partial charge is 0.371 e. The van der Waals surface area contributed by atoms with Crippen LogP contribution in [0.15, 0.2) is 29.4 Å². The van der Waals surface area contributed by atoms with Crippen molar-refractivity contribution in [1.82, 2.24) is 13.7 Å². The van der Waals surface area contributed by atoms with Gasteiger partial charge in [-0.25, -0.2) is 13.4 Å². The molecule has 6 nitrogen and oxygen atoms in total. The third kappa shape index (κ3) is 1.85. The highest BCUT2D eigenvalue weighted by atomic mass is 32.2. The number of nitrogens with one attached hydrogen (secondary N) is 1. The Balaban J connectivity index is 2.77. The van der Waals surface area contributed by atoms with Gasteiger partial charge in [-0.05, 0) is 12.1 Å². The van der Waals surface area contributed by atoms with Gasteiger partial charge in [0, 0.05) is 26.8 Å². The summed E-state index contributed by atoms with van der Waals surface area (Å²) >= 11 is 0. The quantitative estimate of drug-likeness (QED) is 0.899. The Hall–Kier alpha value is -1.60. The number of fused-ring (bicyclic) bond motifs is 1. The third-order valence-corrected chi connectivity index (χ3v) is 4.78. The fraction of sp³-hybridized carbons (Fsp3) is 0.364. The zero-order valence-corrected chi connectivity index (χ0v) is 11.4. The van der Waals surface area contributed by atoms with Crippen LogP contribution in [-0.2, 0) is 10.0 Å². The van der Waals surface area contributed by atoms with Crippen molar-refractivity contribution in [3.05, 3.63) is 24.4 Å². The average Bonchev–Trinajstić information content (AvgIpc) is 2.76. The van der Waals surface area contributed by atoms with Gasteiger partial charge in [-0.2, -0.15) is 4.31 Å². The second-order valence-corrected chi connectivity index (χ2v) is 5.82. The summed E-state index contributed by atoms with van der Waals surface area (Å²) in [5.41, 5.74) is 0.602. The van der Waals surface area contributed by atoms with Crippen molar-refractivity contribution in [2.45, 2.75) is 11.9 Å². The highest BCUT2D eigenvalue weighted by Gasteiger charge is 2.27. The number of sulfonamides is 1. The highest BCUT2D eigenvalue weighted by molar-refractivity contribution is 7.89. The maximum Gasteiger partial charge on any atom is 0.262 e. The van der Waals surface area contributed by atoms with Crippen molar-refractivity contribution < 1.29 is 8.42 Å². The van der Waals surface area contributed by atoms with Crippen LogP contribution in [0.2, 0.25) is 0 Å². The van der Waals surface area contributed by atoms with Crippen LogP contribution < -0.4 is 5.32 Å². The van der Waals surface area contributed by atoms with E-state index in [0.717, 1.165) is 0 Å². The zero-order chi connectivity index (χ0) is 13.3. The minimum Gasteiger partial charge on any atom is -0.371 e. The average molecular weight is 268 g/mol. The first-order valence-electron chi connectivity index (χ1n) is 5.63. The molecule has 0 fully saturated rings. The zero-order valence-electron chi connectivity index (χ0n) is 10.6. The molecule has 0 saturated heterocycles. The van der Waals surface area contributed by atoms with Crippen LogP contribution in [0, 0.1) is 0 Å². The molecule has 0 atom stereocenters. The van der Waals surface area contributed by atoms with E-state index in [2.05, 4.69) is 10.3 Å². The number of hydrogen-bond donors (Lipinski definition) is 1. The van der Waals surface area contributed by atoms with Crippen LogP contribution in [-0.4, -0.2) is 42.7 Å². The molecule has 2 aromatic heterocycles. The van der Waals surface area contributed by atoms with E-state index in [1.807, 2.05) is 6.07 Å². The molecule has 0 aromatic carbocycles. The predicted molar refractivity (Wildman–Crippen MR) is 70.2 cm³/mol. The monoisotopic (exact) mass is 268 g/mol. The Labute approximate surface area is 106 Å². The van der Waals surface area contributed by atoms with Gasteiger partial charge >= 0.3 is 0 Å². The van der Waals surface area contributed by atoms with Crippen molar-refractivity contribution in [3.63, 3.8) is 0 Å². The van der Waals surface area contributed by atoms with Crippen LogP contribution in [0.1, 0.15) is 6.92 Å². The van der Waals surface area contributed by atoms with E-state index < -0.39 is 10.0 Å². The van der Waals surface area contributed by atoms with Gasteiger partial charge in [-0.1, -0.05) is 13.0 Å². The lowest BCUT2D eigenvalue weighted by Gasteiger charge is -2.15. The standard InChI is InChI=1S/C11H16N4O2S/c1-4-14(3)18(16,17)11-10(12-2)13-9-7-5-6-8-15(9)11/h5-8,12H,4H2,1-3H3. The van der Waals surface area contributed by atoms with Gasteiger partial charge in [0.1, 0.15) is 5.65 Å². The number of aromatic nitrogens is 2. The van der Waals surface area contributed by atoms with Crippen molar-refractivity contribution in [3.8, 4) is 0 Å². The number of nitrogens with zero attached hydrogens (tertiary/aromatic N) is 3. The van der Waals surface area contributed by atoms with Crippen LogP contribution in [0.4, 0.5) is 5.82 Å². The van der Waals surface area contributed by atoms with Gasteiger partial charge in [0.25, 0.3) is 10.0 Å². The summed E-state index contributed by atoms with van der Waals surface area (Å²) in [5.74, 6) is 0.363. The summed E-state index contributed by atoms with van der Waals surface area (Å²) in [5, 5.41) is 3.00. The first-order valence-corrected chi connectivity index (χ1v) is 7.07. The summed E-state index contributed by atoms with van der Waals surface area (Å²) in [6, 6.07) is 5.37. The number of anilines is 1. The molecular formula is C11H16N4O2S. The molecule has 0 aliphatic heterocycles. The van der Waals surface area contributed by atoms with E-state index in [4.69, 9.17) is 0 Å². The predicted octanol–water partition coefficient (Wildman–Crippen LogP) is 1.02. The molecule has 0 radical (unpaired) electrons. The fourth-order valence-corrected chi connectivity index (χ4v) is 3.13. The molecule has 0 aliphatic rings. The van der Waals surface area contributed by atoms with Gasteiger partial charge in [0.15, 0.2) is 10.8 Å². The molecule has 98 valence electrons. The van der Waals surface area contributed by atoms with Gasteiger partial charge in [0.05, 0.1) is 0 Å². The lowest BCUT2D eigenvalue weighted by Crippen LogP contribution is -2.28. The molecule has 2 aromatic rings. The first-order chi connectivity index (χ1) is 8.52. The summed E-state index contributed by atoms with van der Waals surface area (Å²) in [4.78, 5) is 4.26. The molecule has 0 saturated carbocycles. The van der Waals surface area contributed by atoms with E-state index in [1.54, 1.807) is 43.7 Å². The lowest BCUT2D eigenvalue weighted by molar-refractivity contribution is 0.483. The summed E-state index contributed by atoms with van der Waals surface area (Å²) in [6.45, 7) is 2.20. The molecule has 0 aliphatic carbocycles. The van der Waals surface area contributed by atoms with E-state index in [0.29, 0.717) is 18.0 Å². The molecule has 0 amide bonds. The van der Waals surface area contributed by atoms with Crippen LogP contribution in [0.3, 0.4) is 0 Å². The topological polar surface area (TPSA) is 66.7 Å². The molecule has 2 rings (SSSR count). The molecule has 0 spiro atoms. The van der Waals surface area contributed by atoms with Crippen molar-refractivity contribution in [1.29, 1.82) is 0 Å². The fourth-order valence-electron chi connectivity index (χ4n) is 1.70. The Morgan fingerprint density at radius 1 is 1.44 bits per heavy atom. The maximum atomic E-state index is 12.4. The summed E-state index contributed by atoms with van der Waals surface area (Å²) in [6.07, 6.45) is 1.69. The van der Waals surface area contributed by atoms with Gasteiger partial charge in [-0.3, -0.25) is 4.40 Å². The van der Waals surface area contributed by atoms with Crippen LogP contribution in [0.25, 0.3) is 5.65 Å². The third-order valence-electron chi connectivity index (χ3n) is 2.82. The van der Waals surface area contributed by atoms with Crippen molar-refractivity contribution >= 4 is 21.5 Å². The number of imidazole rings is 1. The Bertz CT molecular complexity index is 663. The minimum atomic E-state index is -3.54. The van der Waals surface area contributed by atoms with Crippen molar-refractivity contribution in [2.24, 2.45) is 0 Å². The summed E-state index contributed by atoms with van der Waals surface area (Å²) < 4.78 is 27.8. The maximum absolute atomic E-state index is 12.4. The van der Waals surface area contributed by atoms with E-state index in [-0.39, 0.29) is 5.03 Å². The Kier molecular flexibility index (Phi) is 3.27. The Morgan fingerprint density at radius 2 is 2.17 bits per heavy atom.